The molecule has 1 atom stereocenters. The summed E-state index contributed by atoms with van der Waals surface area (Å²) in [6.45, 7) is 1.80. The van der Waals surface area contributed by atoms with Gasteiger partial charge in [-0.25, -0.2) is 0 Å². The van der Waals surface area contributed by atoms with Crippen molar-refractivity contribution in [3.63, 3.8) is 0 Å². The molecule has 2 fully saturated rings. The molecule has 2 aliphatic rings. The van der Waals surface area contributed by atoms with Gasteiger partial charge in [-0.05, 0) is 37.2 Å². The van der Waals surface area contributed by atoms with Crippen molar-refractivity contribution in [1.29, 1.82) is 0 Å². The molecule has 1 aliphatic heterocycles. The van der Waals surface area contributed by atoms with Crippen LogP contribution < -0.4 is 11.1 Å². The van der Waals surface area contributed by atoms with Gasteiger partial charge in [-0.1, -0.05) is 30.3 Å². The molecule has 1 aromatic carbocycles. The minimum absolute atomic E-state index is 0.124. The van der Waals surface area contributed by atoms with E-state index in [0.717, 1.165) is 18.4 Å². The van der Waals surface area contributed by atoms with E-state index in [9.17, 15) is 4.79 Å². The maximum absolute atomic E-state index is 13.0. The van der Waals surface area contributed by atoms with Gasteiger partial charge in [0.1, 0.15) is 0 Å². The monoisotopic (exact) mass is 288 g/mol. The van der Waals surface area contributed by atoms with Crippen molar-refractivity contribution in [2.45, 2.75) is 37.1 Å². The molecule has 1 heterocycles. The zero-order valence-corrected chi connectivity index (χ0v) is 12.4. The van der Waals surface area contributed by atoms with Crippen LogP contribution in [0.5, 0.6) is 0 Å². The van der Waals surface area contributed by atoms with Crippen molar-refractivity contribution in [2.24, 2.45) is 11.7 Å². The fraction of sp³-hybridized carbons (Fsp3) is 0.588. The maximum atomic E-state index is 13.0. The van der Waals surface area contributed by atoms with E-state index in [1.165, 1.54) is 12.8 Å². The Morgan fingerprint density at radius 3 is 2.52 bits per heavy atom. The molecule has 1 aliphatic carbocycles. The molecular weight excluding hydrogens is 264 g/mol. The minimum atomic E-state index is -0.457. The highest BCUT2D eigenvalue weighted by Crippen LogP contribution is 2.37. The van der Waals surface area contributed by atoms with E-state index in [2.05, 4.69) is 17.4 Å². The normalized spacial score (nSPS) is 22.5. The van der Waals surface area contributed by atoms with Crippen LogP contribution in [0.25, 0.3) is 0 Å². The summed E-state index contributed by atoms with van der Waals surface area (Å²) in [4.78, 5) is 13.0. The van der Waals surface area contributed by atoms with Crippen molar-refractivity contribution in [3.8, 4) is 0 Å². The van der Waals surface area contributed by atoms with Crippen LogP contribution in [0.3, 0.4) is 0 Å². The summed E-state index contributed by atoms with van der Waals surface area (Å²) in [6.07, 6.45) is 3.85. The summed E-state index contributed by atoms with van der Waals surface area (Å²) < 4.78 is 5.48. The molecule has 1 saturated heterocycles. The van der Waals surface area contributed by atoms with Crippen molar-refractivity contribution >= 4 is 5.91 Å². The van der Waals surface area contributed by atoms with E-state index in [4.69, 9.17) is 10.5 Å². The molecule has 0 bridgehead atoms. The summed E-state index contributed by atoms with van der Waals surface area (Å²) in [5.74, 6) is 0.700. The maximum Gasteiger partial charge on any atom is 0.231 e. The summed E-state index contributed by atoms with van der Waals surface area (Å²) in [5, 5.41) is 3.22. The van der Waals surface area contributed by atoms with Crippen LogP contribution in [-0.2, 0) is 14.9 Å². The molecule has 0 radical (unpaired) electrons. The van der Waals surface area contributed by atoms with Gasteiger partial charge in [0.25, 0.3) is 0 Å². The fourth-order valence-electron chi connectivity index (χ4n) is 3.30. The van der Waals surface area contributed by atoms with Crippen LogP contribution in [0.15, 0.2) is 30.3 Å². The molecule has 0 aromatic heterocycles. The minimum Gasteiger partial charge on any atom is -0.381 e. The van der Waals surface area contributed by atoms with Gasteiger partial charge in [-0.2, -0.15) is 0 Å². The average molecular weight is 288 g/mol. The van der Waals surface area contributed by atoms with Gasteiger partial charge < -0.3 is 15.8 Å². The Bertz CT molecular complexity index is 479. The quantitative estimate of drug-likeness (QED) is 0.865. The number of carbonyl (C=O) groups excluding carboxylic acids is 1. The predicted octanol–water partition coefficient (Wildman–Crippen LogP) is 1.59. The van der Waals surface area contributed by atoms with E-state index < -0.39 is 5.41 Å². The van der Waals surface area contributed by atoms with E-state index >= 15 is 0 Å². The van der Waals surface area contributed by atoms with Gasteiger partial charge in [-0.3, -0.25) is 4.79 Å². The van der Waals surface area contributed by atoms with E-state index in [0.29, 0.717) is 25.7 Å². The SMILES string of the molecule is NCC(NC(=O)C1(c2ccccc2)CCOCC1)C1CC1. The summed E-state index contributed by atoms with van der Waals surface area (Å²) in [5.41, 5.74) is 6.47. The predicted molar refractivity (Wildman–Crippen MR) is 81.9 cm³/mol. The Hall–Kier alpha value is -1.39. The first-order valence-corrected chi connectivity index (χ1v) is 7.90. The fourth-order valence-corrected chi connectivity index (χ4v) is 3.30. The molecular formula is C17H24N2O2. The van der Waals surface area contributed by atoms with Gasteiger partial charge in [0.2, 0.25) is 5.91 Å². The van der Waals surface area contributed by atoms with E-state index in [1.807, 2.05) is 18.2 Å². The first-order chi connectivity index (χ1) is 10.3. The highest BCUT2D eigenvalue weighted by atomic mass is 16.5. The molecule has 1 saturated carbocycles. The lowest BCUT2D eigenvalue weighted by atomic mass is 9.73. The number of benzene rings is 1. The lowest BCUT2D eigenvalue weighted by molar-refractivity contribution is -0.131. The third kappa shape index (κ3) is 2.97. The number of rotatable bonds is 5. The van der Waals surface area contributed by atoms with Gasteiger partial charge in [0.15, 0.2) is 0 Å². The van der Waals surface area contributed by atoms with Crippen molar-refractivity contribution in [3.05, 3.63) is 35.9 Å². The summed E-state index contributed by atoms with van der Waals surface area (Å²) >= 11 is 0. The first-order valence-electron chi connectivity index (χ1n) is 7.90. The zero-order valence-electron chi connectivity index (χ0n) is 12.4. The van der Waals surface area contributed by atoms with Crippen LogP contribution >= 0.6 is 0 Å². The summed E-state index contributed by atoms with van der Waals surface area (Å²) in [6, 6.07) is 10.2. The molecule has 21 heavy (non-hydrogen) atoms. The van der Waals surface area contributed by atoms with Crippen LogP contribution in [0, 0.1) is 5.92 Å². The molecule has 1 unspecified atom stereocenters. The topological polar surface area (TPSA) is 64.3 Å². The van der Waals surface area contributed by atoms with Gasteiger partial charge in [-0.15, -0.1) is 0 Å². The second-order valence-electron chi connectivity index (χ2n) is 6.21. The average Bonchev–Trinajstić information content (AvgIpc) is 3.38. The molecule has 1 aromatic rings. The van der Waals surface area contributed by atoms with Crippen molar-refractivity contribution in [2.75, 3.05) is 19.8 Å². The van der Waals surface area contributed by atoms with Gasteiger partial charge >= 0.3 is 0 Å². The highest BCUT2D eigenvalue weighted by molar-refractivity contribution is 5.88. The number of nitrogens with two attached hydrogens (primary N) is 1. The number of ether oxygens (including phenoxy) is 1. The third-order valence-electron chi connectivity index (χ3n) is 4.87. The van der Waals surface area contributed by atoms with Crippen LogP contribution in [0.1, 0.15) is 31.2 Å². The first kappa shape index (κ1) is 14.5. The van der Waals surface area contributed by atoms with Gasteiger partial charge in [0, 0.05) is 25.8 Å². The Morgan fingerprint density at radius 2 is 1.95 bits per heavy atom. The molecule has 4 nitrogen and oxygen atoms in total. The molecule has 0 spiro atoms. The van der Waals surface area contributed by atoms with Gasteiger partial charge in [0.05, 0.1) is 5.41 Å². The molecule has 3 rings (SSSR count). The lowest BCUT2D eigenvalue weighted by Crippen LogP contribution is -2.53. The molecule has 1 amide bonds. The Kier molecular flexibility index (Phi) is 4.27. The number of hydrogen-bond acceptors (Lipinski definition) is 3. The Balaban J connectivity index is 1.83. The lowest BCUT2D eigenvalue weighted by Gasteiger charge is -2.37. The molecule has 114 valence electrons. The second kappa shape index (κ2) is 6.16. The smallest absolute Gasteiger partial charge is 0.231 e. The van der Waals surface area contributed by atoms with Crippen LogP contribution in [0.2, 0.25) is 0 Å². The van der Waals surface area contributed by atoms with Crippen molar-refractivity contribution < 1.29 is 9.53 Å². The zero-order chi connectivity index (χ0) is 14.7. The Labute approximate surface area is 126 Å². The van der Waals surface area contributed by atoms with Crippen LogP contribution in [0.4, 0.5) is 0 Å². The summed E-state index contributed by atoms with van der Waals surface area (Å²) in [7, 11) is 0. The van der Waals surface area contributed by atoms with E-state index in [1.54, 1.807) is 0 Å². The highest BCUT2D eigenvalue weighted by Gasteiger charge is 2.43. The largest absolute Gasteiger partial charge is 0.381 e. The van der Waals surface area contributed by atoms with Crippen LogP contribution in [-0.4, -0.2) is 31.7 Å². The number of hydrogen-bond donors (Lipinski definition) is 2. The van der Waals surface area contributed by atoms with E-state index in [-0.39, 0.29) is 11.9 Å². The molecule has 3 N–H and O–H groups in total. The standard InChI is InChI=1S/C17H24N2O2/c18-12-15(13-6-7-13)19-16(20)17(8-10-21-11-9-17)14-4-2-1-3-5-14/h1-5,13,15H,6-12,18H2,(H,19,20). The number of amides is 1. The third-order valence-corrected chi connectivity index (χ3v) is 4.87. The number of carbonyl (C=O) groups is 1. The van der Waals surface area contributed by atoms with Crippen molar-refractivity contribution in [1.82, 2.24) is 5.32 Å². The molecule has 4 heteroatoms. The second-order valence-corrected chi connectivity index (χ2v) is 6.21. The Morgan fingerprint density at radius 1 is 1.29 bits per heavy atom. The number of nitrogens with one attached hydrogen (secondary N) is 1.